The fourth-order valence-electron chi connectivity index (χ4n) is 2.91. The molecular weight excluding hydrogens is 348 g/mol. The average molecular weight is 382 g/mol. The van der Waals surface area contributed by atoms with Gasteiger partial charge in [0, 0.05) is 5.56 Å². The van der Waals surface area contributed by atoms with Crippen LogP contribution < -0.4 is 9.62 Å². The van der Waals surface area contributed by atoms with Crippen LogP contribution in [0.4, 0.5) is 0 Å². The van der Waals surface area contributed by atoms with Crippen LogP contribution in [0, 0.1) is 0 Å². The van der Waals surface area contributed by atoms with E-state index < -0.39 is 11.7 Å². The molecule has 0 aromatic heterocycles. The molecule has 0 atom stereocenters. The molecule has 0 radical (unpaired) electrons. The number of carbonyl (C=O) groups is 1. The summed E-state index contributed by atoms with van der Waals surface area (Å²) in [5.74, 6) is -1.21. The second-order valence-electron chi connectivity index (χ2n) is 6.60. The normalized spacial score (nSPS) is 10.8. The standard InChI is InChI=1S/C21H34O6/c1-5-9-13-25-19-16(12-8-4)15(11-7-3)17(21(23)24)18(22)20(19)27-26-14-10-6-2/h22H,5-14H2,1-4H3,(H,23,24). The zero-order valence-corrected chi connectivity index (χ0v) is 17.1. The van der Waals surface area contributed by atoms with Crippen LogP contribution in [0.2, 0.25) is 0 Å². The summed E-state index contributed by atoms with van der Waals surface area (Å²) in [5.41, 5.74) is 1.30. The number of benzene rings is 1. The Balaban J connectivity index is 3.50. The molecule has 1 aromatic rings. The molecule has 0 fully saturated rings. The Labute approximate surface area is 162 Å². The highest BCUT2D eigenvalue weighted by atomic mass is 17.2. The molecule has 1 rings (SSSR count). The molecule has 2 N–H and O–H groups in total. The predicted octanol–water partition coefficient (Wildman–Crippen LogP) is 5.28. The minimum absolute atomic E-state index is 0.0251. The van der Waals surface area contributed by atoms with E-state index in [-0.39, 0.29) is 11.3 Å². The lowest BCUT2D eigenvalue weighted by molar-refractivity contribution is -0.209. The van der Waals surface area contributed by atoms with E-state index >= 15 is 0 Å². The summed E-state index contributed by atoms with van der Waals surface area (Å²) < 4.78 is 5.96. The summed E-state index contributed by atoms with van der Waals surface area (Å²) in [5, 5.41) is 20.4. The molecule has 0 aliphatic carbocycles. The summed E-state index contributed by atoms with van der Waals surface area (Å²) >= 11 is 0. The lowest BCUT2D eigenvalue weighted by Gasteiger charge is -2.22. The minimum Gasteiger partial charge on any atom is -0.503 e. The van der Waals surface area contributed by atoms with Gasteiger partial charge >= 0.3 is 5.97 Å². The second kappa shape index (κ2) is 12.4. The van der Waals surface area contributed by atoms with Crippen molar-refractivity contribution in [3.8, 4) is 17.2 Å². The highest BCUT2D eigenvalue weighted by Gasteiger charge is 2.29. The largest absolute Gasteiger partial charge is 0.503 e. The van der Waals surface area contributed by atoms with E-state index in [2.05, 4.69) is 6.92 Å². The Hall–Kier alpha value is -1.95. The molecule has 6 nitrogen and oxygen atoms in total. The molecule has 6 heteroatoms. The van der Waals surface area contributed by atoms with Crippen LogP contribution in [0.3, 0.4) is 0 Å². The summed E-state index contributed by atoms with van der Waals surface area (Å²) in [4.78, 5) is 22.5. The van der Waals surface area contributed by atoms with E-state index in [9.17, 15) is 15.0 Å². The van der Waals surface area contributed by atoms with Crippen molar-refractivity contribution < 1.29 is 29.5 Å². The summed E-state index contributed by atoms with van der Waals surface area (Å²) in [6.07, 6.45) is 6.33. The Morgan fingerprint density at radius 3 is 2.00 bits per heavy atom. The smallest absolute Gasteiger partial charge is 0.339 e. The Kier molecular flexibility index (Phi) is 10.6. The van der Waals surface area contributed by atoms with E-state index in [0.29, 0.717) is 37.4 Å². The first kappa shape index (κ1) is 23.1. The fourth-order valence-corrected chi connectivity index (χ4v) is 2.91. The SMILES string of the molecule is CCCCOOc1c(O)c(C(=O)O)c(CCC)c(CCC)c1OCCCC. The Morgan fingerprint density at radius 2 is 1.44 bits per heavy atom. The molecule has 0 aliphatic heterocycles. The van der Waals surface area contributed by atoms with Crippen molar-refractivity contribution in [1.29, 1.82) is 0 Å². The number of unbranched alkanes of at least 4 members (excludes halogenated alkanes) is 2. The van der Waals surface area contributed by atoms with Crippen LogP contribution in [-0.4, -0.2) is 29.4 Å². The lowest BCUT2D eigenvalue weighted by atomic mass is 9.92. The van der Waals surface area contributed by atoms with E-state index in [1.54, 1.807) is 0 Å². The maximum Gasteiger partial charge on any atom is 0.339 e. The van der Waals surface area contributed by atoms with Gasteiger partial charge in [-0.2, -0.15) is 4.89 Å². The molecule has 0 saturated carbocycles. The quantitative estimate of drug-likeness (QED) is 0.258. The number of hydrogen-bond donors (Lipinski definition) is 2. The molecule has 0 saturated heterocycles. The first-order valence-electron chi connectivity index (χ1n) is 10.1. The summed E-state index contributed by atoms with van der Waals surface area (Å²) in [7, 11) is 0. The number of rotatable bonds is 14. The monoisotopic (exact) mass is 382 g/mol. The van der Waals surface area contributed by atoms with Crippen molar-refractivity contribution in [3.63, 3.8) is 0 Å². The number of carboxylic acid groups (broad SMARTS) is 1. The third kappa shape index (κ3) is 6.31. The summed E-state index contributed by atoms with van der Waals surface area (Å²) in [6, 6.07) is 0. The van der Waals surface area contributed by atoms with Crippen LogP contribution in [-0.2, 0) is 17.7 Å². The number of carboxylic acids is 1. The predicted molar refractivity (Wildman–Crippen MR) is 105 cm³/mol. The number of phenols is 1. The van der Waals surface area contributed by atoms with Gasteiger partial charge in [0.15, 0.2) is 11.5 Å². The third-order valence-corrected chi connectivity index (χ3v) is 4.28. The zero-order valence-electron chi connectivity index (χ0n) is 17.1. The van der Waals surface area contributed by atoms with Crippen LogP contribution >= 0.6 is 0 Å². The molecular formula is C21H34O6. The van der Waals surface area contributed by atoms with Crippen LogP contribution in [0.15, 0.2) is 0 Å². The second-order valence-corrected chi connectivity index (χ2v) is 6.60. The number of hydrogen-bond acceptors (Lipinski definition) is 5. The maximum absolute atomic E-state index is 11.9. The van der Waals surface area contributed by atoms with Crippen molar-refractivity contribution in [1.82, 2.24) is 0 Å². The van der Waals surface area contributed by atoms with Gasteiger partial charge in [0.1, 0.15) is 5.56 Å². The Bertz CT molecular complexity index is 597. The van der Waals surface area contributed by atoms with E-state index in [0.717, 1.165) is 44.1 Å². The van der Waals surface area contributed by atoms with Gasteiger partial charge in [-0.15, -0.1) is 0 Å². The fraction of sp³-hybridized carbons (Fsp3) is 0.667. The molecule has 1 aromatic carbocycles. The van der Waals surface area contributed by atoms with Crippen LogP contribution in [0.5, 0.6) is 17.2 Å². The van der Waals surface area contributed by atoms with Gasteiger partial charge in [-0.3, -0.25) is 0 Å². The van der Waals surface area contributed by atoms with Gasteiger partial charge in [-0.05, 0) is 31.2 Å². The molecule has 0 heterocycles. The van der Waals surface area contributed by atoms with Crippen molar-refractivity contribution in [2.24, 2.45) is 0 Å². The third-order valence-electron chi connectivity index (χ3n) is 4.28. The number of aromatic carboxylic acids is 1. The molecule has 0 unspecified atom stereocenters. The van der Waals surface area contributed by atoms with E-state index in [1.165, 1.54) is 0 Å². The van der Waals surface area contributed by atoms with Crippen molar-refractivity contribution in [2.75, 3.05) is 13.2 Å². The lowest BCUT2D eigenvalue weighted by Crippen LogP contribution is -2.13. The van der Waals surface area contributed by atoms with Gasteiger partial charge in [0.05, 0.1) is 13.2 Å². The number of aromatic hydroxyl groups is 1. The molecule has 154 valence electrons. The van der Waals surface area contributed by atoms with E-state index in [1.807, 2.05) is 20.8 Å². The van der Waals surface area contributed by atoms with Gasteiger partial charge in [0.2, 0.25) is 5.75 Å². The van der Waals surface area contributed by atoms with Gasteiger partial charge in [0.25, 0.3) is 0 Å². The molecule has 0 spiro atoms. The zero-order chi connectivity index (χ0) is 20.2. The highest BCUT2D eigenvalue weighted by molar-refractivity contribution is 5.95. The van der Waals surface area contributed by atoms with Crippen LogP contribution in [0.25, 0.3) is 0 Å². The molecule has 27 heavy (non-hydrogen) atoms. The van der Waals surface area contributed by atoms with Crippen LogP contribution in [0.1, 0.15) is 87.7 Å². The molecule has 0 aliphatic rings. The molecule has 0 bridgehead atoms. The first-order valence-corrected chi connectivity index (χ1v) is 10.1. The maximum atomic E-state index is 11.9. The Morgan fingerprint density at radius 1 is 0.852 bits per heavy atom. The highest BCUT2D eigenvalue weighted by Crippen LogP contribution is 2.46. The van der Waals surface area contributed by atoms with Crippen molar-refractivity contribution in [2.45, 2.75) is 79.1 Å². The van der Waals surface area contributed by atoms with Gasteiger partial charge < -0.3 is 19.8 Å². The summed E-state index contributed by atoms with van der Waals surface area (Å²) in [6.45, 7) is 8.92. The van der Waals surface area contributed by atoms with Crippen molar-refractivity contribution in [3.05, 3.63) is 16.7 Å². The van der Waals surface area contributed by atoms with Gasteiger partial charge in [-0.25, -0.2) is 4.79 Å². The molecule has 0 amide bonds. The van der Waals surface area contributed by atoms with Crippen molar-refractivity contribution >= 4 is 5.97 Å². The average Bonchev–Trinajstić information content (AvgIpc) is 2.63. The first-order chi connectivity index (χ1) is 13.0. The minimum atomic E-state index is -1.17. The topological polar surface area (TPSA) is 85.2 Å². The van der Waals surface area contributed by atoms with Gasteiger partial charge in [-0.1, -0.05) is 53.4 Å². The number of ether oxygens (including phenoxy) is 1. The van der Waals surface area contributed by atoms with E-state index in [4.69, 9.17) is 14.5 Å².